The molecule has 2 aromatic carbocycles. The maximum absolute atomic E-state index is 11.7. The smallest absolute Gasteiger partial charge is 0.293 e. The number of imidazole rings is 1. The number of nitro benzene ring substituents is 1. The topological polar surface area (TPSA) is 117 Å². The van der Waals surface area contributed by atoms with Gasteiger partial charge in [0.05, 0.1) is 41.9 Å². The number of ether oxygens (including phenoxy) is 2. The highest BCUT2D eigenvalue weighted by Gasteiger charge is 2.22. The maximum Gasteiger partial charge on any atom is 0.293 e. The van der Waals surface area contributed by atoms with Crippen LogP contribution in [-0.4, -0.2) is 48.3 Å². The molecule has 1 fully saturated rings. The number of morpholine rings is 1. The molecule has 9 heteroatoms. The molecule has 0 unspecified atom stereocenters. The molecule has 152 valence electrons. The summed E-state index contributed by atoms with van der Waals surface area (Å²) in [4.78, 5) is 20.7. The molecule has 0 amide bonds. The predicted octanol–water partition coefficient (Wildman–Crippen LogP) is 3.38. The quantitative estimate of drug-likeness (QED) is 0.393. The third kappa shape index (κ3) is 3.81. The molecule has 2 heterocycles. The Bertz CT molecular complexity index is 1170. The number of hydrogen-bond donors (Lipinski definition) is 1. The van der Waals surface area contributed by atoms with E-state index in [0.29, 0.717) is 54.6 Å². The van der Waals surface area contributed by atoms with Crippen molar-refractivity contribution in [1.29, 1.82) is 5.26 Å². The van der Waals surface area contributed by atoms with Crippen molar-refractivity contribution in [3.8, 4) is 11.8 Å². The standard InChI is InChI=1S/C21H19N5O4/c1-29-16-3-4-17-18(12-16)24-21(23-17)15(13-22)10-14-2-5-19(20(11-14)26(27)28)25-6-8-30-9-7-25/h2-5,10-12H,6-9H2,1H3,(H,23,24)/b15-10+. The van der Waals surface area contributed by atoms with Gasteiger partial charge in [-0.1, -0.05) is 6.07 Å². The first-order chi connectivity index (χ1) is 14.6. The fourth-order valence-electron chi connectivity index (χ4n) is 3.41. The van der Waals surface area contributed by atoms with E-state index in [1.807, 2.05) is 4.90 Å². The Kier molecular flexibility index (Phi) is 5.32. The van der Waals surface area contributed by atoms with E-state index in [1.165, 1.54) is 6.07 Å². The van der Waals surface area contributed by atoms with Crippen LogP contribution in [0.5, 0.6) is 5.75 Å². The van der Waals surface area contributed by atoms with Crippen molar-refractivity contribution in [2.75, 3.05) is 38.3 Å². The molecule has 30 heavy (non-hydrogen) atoms. The van der Waals surface area contributed by atoms with Crippen LogP contribution < -0.4 is 9.64 Å². The summed E-state index contributed by atoms with van der Waals surface area (Å²) in [5.74, 6) is 1.06. The van der Waals surface area contributed by atoms with Crippen molar-refractivity contribution in [1.82, 2.24) is 9.97 Å². The summed E-state index contributed by atoms with van der Waals surface area (Å²) in [6.45, 7) is 2.27. The van der Waals surface area contributed by atoms with Gasteiger partial charge >= 0.3 is 0 Å². The molecule has 9 nitrogen and oxygen atoms in total. The van der Waals surface area contributed by atoms with E-state index in [-0.39, 0.29) is 11.3 Å². The van der Waals surface area contributed by atoms with Crippen LogP contribution in [0, 0.1) is 21.4 Å². The van der Waals surface area contributed by atoms with Crippen LogP contribution >= 0.6 is 0 Å². The summed E-state index contributed by atoms with van der Waals surface area (Å²) in [5.41, 5.74) is 2.80. The number of nitro groups is 1. The number of benzene rings is 2. The van der Waals surface area contributed by atoms with Gasteiger partial charge in [0, 0.05) is 25.2 Å². The van der Waals surface area contributed by atoms with Crippen LogP contribution in [0.3, 0.4) is 0 Å². The van der Waals surface area contributed by atoms with Crippen molar-refractivity contribution < 1.29 is 14.4 Å². The lowest BCUT2D eigenvalue weighted by molar-refractivity contribution is -0.384. The molecule has 0 radical (unpaired) electrons. The zero-order valence-electron chi connectivity index (χ0n) is 16.3. The van der Waals surface area contributed by atoms with Crippen LogP contribution in [0.1, 0.15) is 11.4 Å². The molecular formula is C21H19N5O4. The number of allylic oxidation sites excluding steroid dienone is 1. The molecule has 1 aliphatic rings. The fraction of sp³-hybridized carbons (Fsp3) is 0.238. The number of H-pyrrole nitrogens is 1. The molecule has 0 aliphatic carbocycles. The number of nitrogens with one attached hydrogen (secondary N) is 1. The molecule has 4 rings (SSSR count). The zero-order chi connectivity index (χ0) is 21.1. The number of nitrogens with zero attached hydrogens (tertiary/aromatic N) is 4. The molecular weight excluding hydrogens is 386 g/mol. The molecule has 0 bridgehead atoms. The van der Waals surface area contributed by atoms with Gasteiger partial charge in [0.25, 0.3) is 5.69 Å². The van der Waals surface area contributed by atoms with Gasteiger partial charge in [-0.3, -0.25) is 10.1 Å². The first-order valence-corrected chi connectivity index (χ1v) is 9.36. The molecule has 1 aromatic heterocycles. The molecule has 1 N–H and O–H groups in total. The summed E-state index contributed by atoms with van der Waals surface area (Å²) in [6.07, 6.45) is 1.59. The molecule has 1 saturated heterocycles. The second-order valence-corrected chi connectivity index (χ2v) is 6.74. The Hall–Kier alpha value is -3.90. The highest BCUT2D eigenvalue weighted by molar-refractivity contribution is 5.91. The SMILES string of the molecule is COc1ccc2nc(/C(C#N)=C/c3ccc(N4CCOCC4)c([N+](=O)[O-])c3)[nH]c2c1. The third-order valence-electron chi connectivity index (χ3n) is 4.92. The number of fused-ring (bicyclic) bond motifs is 1. The number of methoxy groups -OCH3 is 1. The number of anilines is 1. The highest BCUT2D eigenvalue weighted by Crippen LogP contribution is 2.31. The second kappa shape index (κ2) is 8.23. The molecule has 0 saturated carbocycles. The lowest BCUT2D eigenvalue weighted by Crippen LogP contribution is -2.36. The van der Waals surface area contributed by atoms with Crippen LogP contribution in [0.4, 0.5) is 11.4 Å². The number of aromatic amines is 1. The van der Waals surface area contributed by atoms with Gasteiger partial charge in [-0.15, -0.1) is 0 Å². The fourth-order valence-corrected chi connectivity index (χ4v) is 3.41. The Balaban J connectivity index is 1.71. The Morgan fingerprint density at radius 2 is 2.13 bits per heavy atom. The first kappa shape index (κ1) is 19.4. The average Bonchev–Trinajstić information content (AvgIpc) is 3.20. The summed E-state index contributed by atoms with van der Waals surface area (Å²) < 4.78 is 10.5. The normalized spacial score (nSPS) is 14.5. The first-order valence-electron chi connectivity index (χ1n) is 9.36. The van der Waals surface area contributed by atoms with Gasteiger partial charge in [-0.25, -0.2) is 4.98 Å². The highest BCUT2D eigenvalue weighted by atomic mass is 16.6. The second-order valence-electron chi connectivity index (χ2n) is 6.74. The minimum absolute atomic E-state index is 0.00252. The van der Waals surface area contributed by atoms with Crippen LogP contribution in [-0.2, 0) is 4.74 Å². The average molecular weight is 405 g/mol. The molecule has 3 aromatic rings. The van der Waals surface area contributed by atoms with Gasteiger partial charge in [0.15, 0.2) is 0 Å². The third-order valence-corrected chi connectivity index (χ3v) is 4.92. The van der Waals surface area contributed by atoms with E-state index in [9.17, 15) is 15.4 Å². The summed E-state index contributed by atoms with van der Waals surface area (Å²) in [7, 11) is 1.58. The predicted molar refractivity (Wildman–Crippen MR) is 112 cm³/mol. The van der Waals surface area contributed by atoms with E-state index in [2.05, 4.69) is 16.0 Å². The van der Waals surface area contributed by atoms with Gasteiger partial charge in [0.1, 0.15) is 23.3 Å². The monoisotopic (exact) mass is 405 g/mol. The number of aromatic nitrogens is 2. The van der Waals surface area contributed by atoms with Gasteiger partial charge in [-0.2, -0.15) is 5.26 Å². The summed E-state index contributed by atoms with van der Waals surface area (Å²) in [6, 6.07) is 12.5. The molecule has 0 spiro atoms. The van der Waals surface area contributed by atoms with Crippen molar-refractivity contribution in [2.24, 2.45) is 0 Å². The lowest BCUT2D eigenvalue weighted by Gasteiger charge is -2.28. The Morgan fingerprint density at radius 3 is 2.83 bits per heavy atom. The van der Waals surface area contributed by atoms with Crippen molar-refractivity contribution in [3.63, 3.8) is 0 Å². The zero-order valence-corrected chi connectivity index (χ0v) is 16.3. The van der Waals surface area contributed by atoms with Gasteiger partial charge in [-0.05, 0) is 29.8 Å². The summed E-state index contributed by atoms with van der Waals surface area (Å²) in [5, 5.41) is 21.3. The maximum atomic E-state index is 11.7. The molecule has 0 atom stereocenters. The van der Waals surface area contributed by atoms with Crippen LogP contribution in [0.2, 0.25) is 0 Å². The minimum Gasteiger partial charge on any atom is -0.497 e. The van der Waals surface area contributed by atoms with Crippen LogP contribution in [0.15, 0.2) is 36.4 Å². The number of hydrogen-bond acceptors (Lipinski definition) is 7. The van der Waals surface area contributed by atoms with Gasteiger partial charge < -0.3 is 19.4 Å². The summed E-state index contributed by atoms with van der Waals surface area (Å²) >= 11 is 0. The van der Waals surface area contributed by atoms with E-state index in [0.717, 1.165) is 5.52 Å². The Labute approximate surface area is 172 Å². The van der Waals surface area contributed by atoms with Crippen LogP contribution in [0.25, 0.3) is 22.7 Å². The lowest BCUT2D eigenvalue weighted by atomic mass is 10.1. The van der Waals surface area contributed by atoms with Crippen molar-refractivity contribution >= 4 is 34.1 Å². The Morgan fingerprint density at radius 1 is 1.33 bits per heavy atom. The number of nitriles is 1. The number of rotatable bonds is 5. The van der Waals surface area contributed by atoms with Crippen molar-refractivity contribution in [3.05, 3.63) is 57.9 Å². The van der Waals surface area contributed by atoms with Gasteiger partial charge in [0.2, 0.25) is 0 Å². The molecule has 1 aliphatic heterocycles. The minimum atomic E-state index is -0.401. The van der Waals surface area contributed by atoms with E-state index in [1.54, 1.807) is 43.5 Å². The van der Waals surface area contributed by atoms with E-state index < -0.39 is 4.92 Å². The van der Waals surface area contributed by atoms with E-state index >= 15 is 0 Å². The van der Waals surface area contributed by atoms with E-state index in [4.69, 9.17) is 9.47 Å². The largest absolute Gasteiger partial charge is 0.497 e. The van der Waals surface area contributed by atoms with Crippen molar-refractivity contribution in [2.45, 2.75) is 0 Å².